The molecular weight excluding hydrogens is 294 g/mol. The molecule has 5 nitrogen and oxygen atoms in total. The van der Waals surface area contributed by atoms with Crippen LogP contribution in [-0.4, -0.2) is 37.2 Å². The second kappa shape index (κ2) is 5.22. The minimum absolute atomic E-state index is 0.0429. The summed E-state index contributed by atoms with van der Waals surface area (Å²) in [5, 5.41) is 6.47. The van der Waals surface area contributed by atoms with Crippen LogP contribution in [0.25, 0.3) is 0 Å². The van der Waals surface area contributed by atoms with Crippen LogP contribution >= 0.6 is 27.3 Å². The van der Waals surface area contributed by atoms with Gasteiger partial charge in [0, 0.05) is 6.04 Å². The van der Waals surface area contributed by atoms with Gasteiger partial charge in [0.15, 0.2) is 5.13 Å². The van der Waals surface area contributed by atoms with Gasteiger partial charge in [0.05, 0.1) is 29.1 Å². The molecule has 1 aliphatic rings. The van der Waals surface area contributed by atoms with E-state index in [9.17, 15) is 4.79 Å². The number of amides is 1. The predicted molar refractivity (Wildman–Crippen MR) is 65.6 cm³/mol. The van der Waals surface area contributed by atoms with Gasteiger partial charge in [-0.15, -0.1) is 0 Å². The Morgan fingerprint density at radius 2 is 2.50 bits per heavy atom. The van der Waals surface area contributed by atoms with Crippen molar-refractivity contribution in [3.63, 3.8) is 0 Å². The number of carbonyl (C=O) groups excluding carboxylic acids is 1. The van der Waals surface area contributed by atoms with Crippen molar-refractivity contribution in [3.05, 3.63) is 9.98 Å². The smallest absolute Gasteiger partial charge is 0.233 e. The lowest BCUT2D eigenvalue weighted by molar-refractivity contribution is -0.120. The maximum absolute atomic E-state index is 11.9. The molecule has 1 fully saturated rings. The monoisotopic (exact) mass is 305 g/mol. The average molecular weight is 306 g/mol. The first-order valence-electron chi connectivity index (χ1n) is 4.88. The third-order valence-electron chi connectivity index (χ3n) is 2.50. The molecular formula is C9H12BrN3O2S. The van der Waals surface area contributed by atoms with Crippen molar-refractivity contribution in [2.45, 2.75) is 6.04 Å². The first kappa shape index (κ1) is 12.0. The number of anilines is 1. The summed E-state index contributed by atoms with van der Waals surface area (Å²) in [6, 6.07) is 0.0865. The first-order valence-corrected chi connectivity index (χ1v) is 6.49. The van der Waals surface area contributed by atoms with E-state index in [2.05, 4.69) is 31.5 Å². The van der Waals surface area contributed by atoms with Crippen molar-refractivity contribution < 1.29 is 9.53 Å². The van der Waals surface area contributed by atoms with Crippen LogP contribution in [0.1, 0.15) is 0 Å². The van der Waals surface area contributed by atoms with Crippen molar-refractivity contribution in [3.8, 4) is 0 Å². The van der Waals surface area contributed by atoms with Crippen LogP contribution in [0.3, 0.4) is 0 Å². The molecule has 1 aliphatic heterocycles. The topological polar surface area (TPSA) is 63.2 Å². The molecule has 2 unspecified atom stereocenters. The molecule has 1 amide bonds. The molecule has 2 rings (SSSR count). The highest BCUT2D eigenvalue weighted by Gasteiger charge is 2.33. The summed E-state index contributed by atoms with van der Waals surface area (Å²) in [5.74, 6) is -0.189. The highest BCUT2D eigenvalue weighted by Crippen LogP contribution is 2.24. The molecule has 2 atom stereocenters. The Morgan fingerprint density at radius 1 is 1.69 bits per heavy atom. The number of nitrogens with one attached hydrogen (secondary N) is 2. The number of ether oxygens (including phenoxy) is 1. The van der Waals surface area contributed by atoms with Gasteiger partial charge in [0.2, 0.25) is 5.91 Å². The van der Waals surface area contributed by atoms with Crippen LogP contribution in [0.15, 0.2) is 9.98 Å². The molecule has 1 saturated heterocycles. The van der Waals surface area contributed by atoms with Gasteiger partial charge in [-0.25, -0.2) is 4.98 Å². The summed E-state index contributed by atoms with van der Waals surface area (Å²) in [4.78, 5) is 16.0. The lowest BCUT2D eigenvalue weighted by Crippen LogP contribution is -2.39. The van der Waals surface area contributed by atoms with Crippen molar-refractivity contribution >= 4 is 38.3 Å². The number of thiazole rings is 1. The van der Waals surface area contributed by atoms with E-state index in [0.29, 0.717) is 18.3 Å². The van der Waals surface area contributed by atoms with E-state index in [-0.39, 0.29) is 17.9 Å². The minimum Gasteiger partial charge on any atom is -0.379 e. The van der Waals surface area contributed by atoms with Crippen LogP contribution in [0.5, 0.6) is 0 Å². The van der Waals surface area contributed by atoms with Crippen LogP contribution in [0.2, 0.25) is 0 Å². The fourth-order valence-corrected chi connectivity index (χ4v) is 2.72. The summed E-state index contributed by atoms with van der Waals surface area (Å²) >= 11 is 4.69. The molecule has 2 heterocycles. The number of hydrogen-bond acceptors (Lipinski definition) is 5. The quantitative estimate of drug-likeness (QED) is 0.877. The number of aromatic nitrogens is 1. The summed E-state index contributed by atoms with van der Waals surface area (Å²) in [6.45, 7) is 1.04. The minimum atomic E-state index is -0.146. The van der Waals surface area contributed by atoms with Crippen molar-refractivity contribution in [1.29, 1.82) is 0 Å². The molecule has 0 aromatic carbocycles. The van der Waals surface area contributed by atoms with Crippen LogP contribution in [0, 0.1) is 5.92 Å². The molecule has 0 spiro atoms. The van der Waals surface area contributed by atoms with Crippen molar-refractivity contribution in [1.82, 2.24) is 10.3 Å². The zero-order valence-electron chi connectivity index (χ0n) is 8.70. The Morgan fingerprint density at radius 3 is 3.12 bits per heavy atom. The number of nitrogens with zero attached hydrogens (tertiary/aromatic N) is 1. The molecule has 0 aliphatic carbocycles. The number of likely N-dealkylation sites (N-methyl/N-ethyl adjacent to an activating group) is 1. The van der Waals surface area contributed by atoms with Gasteiger partial charge in [0.25, 0.3) is 0 Å². The van der Waals surface area contributed by atoms with Crippen LogP contribution < -0.4 is 10.6 Å². The Bertz CT molecular complexity index is 385. The van der Waals surface area contributed by atoms with E-state index in [1.165, 1.54) is 11.3 Å². The SMILES string of the molecule is CNC1COCC1C(=O)Nc1ncc(Br)s1. The molecule has 1 aromatic heterocycles. The lowest BCUT2D eigenvalue weighted by Gasteiger charge is -2.15. The summed E-state index contributed by atoms with van der Waals surface area (Å²) < 4.78 is 6.17. The Labute approximate surface area is 106 Å². The first-order chi connectivity index (χ1) is 7.70. The van der Waals surface area contributed by atoms with Gasteiger partial charge in [-0.05, 0) is 23.0 Å². The molecule has 0 saturated carbocycles. The molecule has 7 heteroatoms. The maximum Gasteiger partial charge on any atom is 0.233 e. The molecule has 88 valence electrons. The van der Waals surface area contributed by atoms with Gasteiger partial charge in [-0.2, -0.15) is 0 Å². The van der Waals surface area contributed by atoms with Gasteiger partial charge in [0.1, 0.15) is 0 Å². The summed E-state index contributed by atoms with van der Waals surface area (Å²) in [7, 11) is 1.83. The van der Waals surface area contributed by atoms with E-state index in [1.54, 1.807) is 6.20 Å². The molecule has 0 radical (unpaired) electrons. The van der Waals surface area contributed by atoms with E-state index in [4.69, 9.17) is 4.74 Å². The van der Waals surface area contributed by atoms with E-state index in [0.717, 1.165) is 3.79 Å². The van der Waals surface area contributed by atoms with Gasteiger partial charge in [-0.1, -0.05) is 11.3 Å². The molecule has 16 heavy (non-hydrogen) atoms. The Kier molecular flexibility index (Phi) is 3.91. The molecule has 0 bridgehead atoms. The highest BCUT2D eigenvalue weighted by atomic mass is 79.9. The number of hydrogen-bond donors (Lipinski definition) is 2. The second-order valence-electron chi connectivity index (χ2n) is 3.50. The highest BCUT2D eigenvalue weighted by molar-refractivity contribution is 9.11. The van der Waals surface area contributed by atoms with E-state index >= 15 is 0 Å². The van der Waals surface area contributed by atoms with Crippen LogP contribution in [-0.2, 0) is 9.53 Å². The third-order valence-corrected chi connectivity index (χ3v) is 3.89. The number of halogens is 1. The average Bonchev–Trinajstić information content (AvgIpc) is 2.86. The molecule has 1 aromatic rings. The normalized spacial score (nSPS) is 24.6. The summed E-state index contributed by atoms with van der Waals surface area (Å²) in [6.07, 6.45) is 1.67. The maximum atomic E-state index is 11.9. The summed E-state index contributed by atoms with van der Waals surface area (Å²) in [5.41, 5.74) is 0. The van der Waals surface area contributed by atoms with E-state index < -0.39 is 0 Å². The molecule has 2 N–H and O–H groups in total. The second-order valence-corrected chi connectivity index (χ2v) is 5.91. The third kappa shape index (κ3) is 2.60. The van der Waals surface area contributed by atoms with Crippen molar-refractivity contribution in [2.75, 3.05) is 25.6 Å². The van der Waals surface area contributed by atoms with Gasteiger partial charge in [-0.3, -0.25) is 4.79 Å². The van der Waals surface area contributed by atoms with Crippen LogP contribution in [0.4, 0.5) is 5.13 Å². The van der Waals surface area contributed by atoms with Crippen molar-refractivity contribution in [2.24, 2.45) is 5.92 Å². The van der Waals surface area contributed by atoms with E-state index in [1.807, 2.05) is 7.05 Å². The van der Waals surface area contributed by atoms with Gasteiger partial charge >= 0.3 is 0 Å². The zero-order valence-corrected chi connectivity index (χ0v) is 11.1. The van der Waals surface area contributed by atoms with Gasteiger partial charge < -0.3 is 15.4 Å². The Hall–Kier alpha value is -0.500. The number of rotatable bonds is 3. The standard InChI is InChI=1S/C9H12BrN3O2S/c1-11-6-4-15-3-5(6)8(14)13-9-12-2-7(10)16-9/h2,5-6,11H,3-4H2,1H3,(H,12,13,14). The number of carbonyl (C=O) groups is 1. The fraction of sp³-hybridized carbons (Fsp3) is 0.556. The Balaban J connectivity index is 1.97. The predicted octanol–water partition coefficient (Wildman–Crippen LogP) is 1.08. The fourth-order valence-electron chi connectivity index (χ4n) is 1.61. The largest absolute Gasteiger partial charge is 0.379 e. The zero-order chi connectivity index (χ0) is 11.5. The lowest BCUT2D eigenvalue weighted by atomic mass is 10.0.